The number of ether oxygens (including phenoxy) is 1. The molecule has 0 atom stereocenters. The van der Waals surface area contributed by atoms with Crippen LogP contribution < -0.4 is 5.73 Å². The van der Waals surface area contributed by atoms with Crippen LogP contribution in [0.4, 0.5) is 0 Å². The van der Waals surface area contributed by atoms with Gasteiger partial charge in [-0.3, -0.25) is 0 Å². The molecule has 0 saturated heterocycles. The Kier molecular flexibility index (Phi) is 72.3. The Balaban J connectivity index is -0.000000103. The first-order valence-corrected chi connectivity index (χ1v) is 5.97. The molecule has 4 heteroatoms. The molecule has 16 heavy (non-hydrogen) atoms. The molecule has 3 N–H and O–H groups in total. The smallest absolute Gasteiger partial charge is 0.106 e. The third-order valence-electron chi connectivity index (χ3n) is 1.30. The van der Waals surface area contributed by atoms with Crippen LogP contribution in [-0.2, 0) is 9.53 Å². The van der Waals surface area contributed by atoms with E-state index in [4.69, 9.17) is 14.6 Å². The van der Waals surface area contributed by atoms with Crippen LogP contribution in [0.1, 0.15) is 46.5 Å². The van der Waals surface area contributed by atoms with E-state index in [0.717, 1.165) is 38.9 Å². The summed E-state index contributed by atoms with van der Waals surface area (Å²) in [4.78, 5) is 8.00. The van der Waals surface area contributed by atoms with E-state index in [-0.39, 0.29) is 0 Å². The topological polar surface area (TPSA) is 72.5 Å². The summed E-state index contributed by atoms with van der Waals surface area (Å²) in [5.74, 6) is 0. The highest BCUT2D eigenvalue weighted by Gasteiger charge is 1.87. The number of nitrogens with two attached hydrogens (primary N) is 1. The molecule has 0 fully saturated rings. The van der Waals surface area contributed by atoms with Gasteiger partial charge in [0.2, 0.25) is 0 Å². The summed E-state index contributed by atoms with van der Waals surface area (Å²) in [5, 5.41) is 8.43. The highest BCUT2D eigenvalue weighted by molar-refractivity contribution is 5.10. The van der Waals surface area contributed by atoms with Gasteiger partial charge in [0.25, 0.3) is 0 Å². The molecule has 0 aliphatic heterocycles. The maximum absolute atomic E-state index is 8.43. The van der Waals surface area contributed by atoms with Gasteiger partial charge in [0.1, 0.15) is 6.79 Å². The van der Waals surface area contributed by atoms with Crippen LogP contribution >= 0.6 is 0 Å². The van der Waals surface area contributed by atoms with Crippen LogP contribution in [0.25, 0.3) is 0 Å². The van der Waals surface area contributed by atoms with E-state index in [2.05, 4.69) is 12.7 Å². The maximum atomic E-state index is 8.43. The second-order valence-electron chi connectivity index (χ2n) is 2.40. The Hall–Kier alpha value is -0.450. The number of carbonyl (C=O) groups excluding carboxylic acids is 1. The Morgan fingerprint density at radius 1 is 1.06 bits per heavy atom. The zero-order chi connectivity index (χ0) is 13.7. The number of carbonyl (C=O) groups is 1. The summed E-state index contributed by atoms with van der Waals surface area (Å²) in [6, 6.07) is 0. The predicted octanol–water partition coefficient (Wildman–Crippen LogP) is 1.99. The van der Waals surface area contributed by atoms with E-state index in [0.29, 0.717) is 6.61 Å². The molecule has 0 bridgehead atoms. The highest BCUT2D eigenvalue weighted by Crippen LogP contribution is 1.94. The summed E-state index contributed by atoms with van der Waals surface area (Å²) in [5.41, 5.74) is 4.50. The maximum Gasteiger partial charge on any atom is 0.106 e. The van der Waals surface area contributed by atoms with Gasteiger partial charge in [-0.2, -0.15) is 0 Å². The number of aliphatic hydroxyl groups is 1. The van der Waals surface area contributed by atoms with E-state index >= 15 is 0 Å². The standard InChI is InChI=1S/C8H18O2.C2H6.CH5N.CH2O/c1-2-7-10-8-5-3-4-6-9;3*1-2/h9H,2-8H2,1H3;1-2H3;2H2,1H3;1H2. The van der Waals surface area contributed by atoms with Crippen LogP contribution in [0.15, 0.2) is 0 Å². The molecule has 0 aromatic heterocycles. The van der Waals surface area contributed by atoms with Gasteiger partial charge in [-0.05, 0) is 32.7 Å². The van der Waals surface area contributed by atoms with Gasteiger partial charge in [0.15, 0.2) is 0 Å². The molecule has 0 spiro atoms. The van der Waals surface area contributed by atoms with Crippen LogP contribution in [0.3, 0.4) is 0 Å². The monoisotopic (exact) mass is 237 g/mol. The molecule has 0 rings (SSSR count). The third-order valence-corrected chi connectivity index (χ3v) is 1.30. The van der Waals surface area contributed by atoms with Crippen LogP contribution in [-0.4, -0.2) is 38.8 Å². The lowest BCUT2D eigenvalue weighted by molar-refractivity contribution is -0.0979. The van der Waals surface area contributed by atoms with Gasteiger partial charge < -0.3 is 20.4 Å². The Morgan fingerprint density at radius 2 is 1.56 bits per heavy atom. The van der Waals surface area contributed by atoms with Gasteiger partial charge in [-0.25, -0.2) is 0 Å². The van der Waals surface area contributed by atoms with Crippen LogP contribution in [0.5, 0.6) is 0 Å². The molecule has 0 aliphatic carbocycles. The van der Waals surface area contributed by atoms with E-state index in [9.17, 15) is 0 Å². The molecule has 0 radical (unpaired) electrons. The second-order valence-corrected chi connectivity index (χ2v) is 2.40. The molecule has 102 valence electrons. The van der Waals surface area contributed by atoms with Crippen molar-refractivity contribution in [2.75, 3.05) is 26.9 Å². The zero-order valence-corrected chi connectivity index (χ0v) is 11.5. The number of aliphatic hydroxyl groups excluding tert-OH is 1. The number of rotatable bonds is 7. The molecule has 4 nitrogen and oxygen atoms in total. The van der Waals surface area contributed by atoms with Crippen molar-refractivity contribution in [3.8, 4) is 0 Å². The lowest BCUT2D eigenvalue weighted by atomic mass is 10.2. The second kappa shape index (κ2) is 46.9. The molecule has 0 saturated carbocycles. The highest BCUT2D eigenvalue weighted by atomic mass is 16.5. The Labute approximate surface area is 101 Å². The fraction of sp³-hybridized carbons (Fsp3) is 0.917. The summed E-state index contributed by atoms with van der Waals surface area (Å²) in [7, 11) is 1.50. The molecular weight excluding hydrogens is 206 g/mol. The van der Waals surface area contributed by atoms with Gasteiger partial charge in [0, 0.05) is 19.8 Å². The normalized spacial score (nSPS) is 7.38. The van der Waals surface area contributed by atoms with Crippen molar-refractivity contribution in [1.82, 2.24) is 0 Å². The van der Waals surface area contributed by atoms with Crippen molar-refractivity contribution >= 4 is 6.79 Å². The minimum Gasteiger partial charge on any atom is -0.396 e. The fourth-order valence-corrected chi connectivity index (χ4v) is 0.739. The van der Waals surface area contributed by atoms with Crippen molar-refractivity contribution in [3.63, 3.8) is 0 Å². The molecule has 0 aromatic carbocycles. The zero-order valence-electron chi connectivity index (χ0n) is 11.5. The average Bonchev–Trinajstić information content (AvgIpc) is 2.41. The third kappa shape index (κ3) is 49.7. The minimum atomic E-state index is 0.313. The quantitative estimate of drug-likeness (QED) is 0.664. The van der Waals surface area contributed by atoms with Crippen molar-refractivity contribution in [1.29, 1.82) is 0 Å². The number of unbranched alkanes of at least 4 members (excludes halogenated alkanes) is 2. The minimum absolute atomic E-state index is 0.313. The van der Waals surface area contributed by atoms with E-state index in [1.807, 2.05) is 20.6 Å². The Bertz CT molecular complexity index is 65.3. The number of hydrogen-bond acceptors (Lipinski definition) is 4. The molecule has 0 heterocycles. The van der Waals surface area contributed by atoms with Crippen LogP contribution in [0, 0.1) is 0 Å². The lowest BCUT2D eigenvalue weighted by Gasteiger charge is -2.00. The molecule has 0 aromatic rings. The van der Waals surface area contributed by atoms with Crippen LogP contribution in [0.2, 0.25) is 0 Å². The van der Waals surface area contributed by atoms with Gasteiger partial charge >= 0.3 is 0 Å². The average molecular weight is 237 g/mol. The first kappa shape index (κ1) is 24.7. The molecule has 0 unspecified atom stereocenters. The molecule has 0 aliphatic rings. The van der Waals surface area contributed by atoms with Crippen molar-refractivity contribution < 1.29 is 14.6 Å². The first-order chi connectivity index (χ1) is 7.91. The summed E-state index contributed by atoms with van der Waals surface area (Å²) in [6.07, 6.45) is 4.18. The largest absolute Gasteiger partial charge is 0.396 e. The van der Waals surface area contributed by atoms with Crippen molar-refractivity contribution in [2.45, 2.75) is 46.5 Å². The predicted molar refractivity (Wildman–Crippen MR) is 70.6 cm³/mol. The summed E-state index contributed by atoms with van der Waals surface area (Å²) < 4.78 is 5.25. The van der Waals surface area contributed by atoms with E-state index in [1.54, 1.807) is 0 Å². The number of hydrogen-bond donors (Lipinski definition) is 2. The van der Waals surface area contributed by atoms with Crippen molar-refractivity contribution in [3.05, 3.63) is 0 Å². The summed E-state index contributed by atoms with van der Waals surface area (Å²) >= 11 is 0. The molecular formula is C12H31NO3. The van der Waals surface area contributed by atoms with Crippen molar-refractivity contribution in [2.24, 2.45) is 5.73 Å². The van der Waals surface area contributed by atoms with Gasteiger partial charge in [-0.1, -0.05) is 20.8 Å². The molecule has 0 amide bonds. The Morgan fingerprint density at radius 3 is 1.94 bits per heavy atom. The van der Waals surface area contributed by atoms with E-state index in [1.165, 1.54) is 7.05 Å². The van der Waals surface area contributed by atoms with Gasteiger partial charge in [0.05, 0.1) is 0 Å². The van der Waals surface area contributed by atoms with E-state index < -0.39 is 0 Å². The SMILES string of the molecule is C=O.CC.CCCOCCCCCO.CN. The first-order valence-electron chi connectivity index (χ1n) is 5.97. The lowest BCUT2D eigenvalue weighted by Crippen LogP contribution is -1.95. The summed E-state index contributed by atoms with van der Waals surface area (Å²) in [6.45, 7) is 10.1. The fourth-order valence-electron chi connectivity index (χ4n) is 0.739. The van der Waals surface area contributed by atoms with Gasteiger partial charge in [-0.15, -0.1) is 0 Å².